The molecule has 2 aromatic rings. The van der Waals surface area contributed by atoms with Crippen LogP contribution in [0.2, 0.25) is 5.02 Å². The summed E-state index contributed by atoms with van der Waals surface area (Å²) >= 11 is 6.47. The molecule has 3 amide bonds. The van der Waals surface area contributed by atoms with Gasteiger partial charge in [-0.15, -0.1) is 4.36 Å². The van der Waals surface area contributed by atoms with E-state index in [1.165, 1.54) is 11.1 Å². The van der Waals surface area contributed by atoms with Crippen LogP contribution in [0.4, 0.5) is 10.5 Å². The normalized spacial score (nSPS) is 30.1. The van der Waals surface area contributed by atoms with Gasteiger partial charge in [0.2, 0.25) is 0 Å². The number of halogens is 1. The predicted octanol–water partition coefficient (Wildman–Crippen LogP) is 6.51. The van der Waals surface area contributed by atoms with Crippen LogP contribution in [0.25, 0.3) is 0 Å². The highest BCUT2D eigenvalue weighted by atomic mass is 35.5. The van der Waals surface area contributed by atoms with E-state index in [1.54, 1.807) is 18.1 Å². The monoisotopic (exact) mass is 724 g/mol. The van der Waals surface area contributed by atoms with Crippen LogP contribution >= 0.6 is 11.6 Å². The smallest absolute Gasteiger partial charge is 0.329 e. The topological polar surface area (TPSA) is 110 Å². The highest BCUT2D eigenvalue weighted by Crippen LogP contribution is 2.42. The Balaban J connectivity index is 1.26. The van der Waals surface area contributed by atoms with Crippen LogP contribution < -0.4 is 14.4 Å². The first kappa shape index (κ1) is 35.3. The van der Waals surface area contributed by atoms with Gasteiger partial charge in [0.15, 0.2) is 0 Å². The van der Waals surface area contributed by atoms with E-state index >= 15 is 0 Å². The van der Waals surface area contributed by atoms with Crippen LogP contribution in [0.5, 0.6) is 5.75 Å². The Labute approximate surface area is 301 Å². The van der Waals surface area contributed by atoms with Gasteiger partial charge in [-0.25, -0.2) is 9.00 Å². The quantitative estimate of drug-likeness (QED) is 0.360. The molecule has 2 saturated heterocycles. The first-order valence-electron chi connectivity index (χ1n) is 18.1. The molecule has 10 nitrogen and oxygen atoms in total. The summed E-state index contributed by atoms with van der Waals surface area (Å²) in [5, 5.41) is 0.721. The molecule has 1 unspecified atom stereocenters. The second kappa shape index (κ2) is 15.2. The van der Waals surface area contributed by atoms with E-state index in [4.69, 9.17) is 25.8 Å². The number of aryl methyl sites for hydroxylation is 1. The maximum absolute atomic E-state index is 14.5. The number of urea groups is 1. The highest BCUT2D eigenvalue weighted by Gasteiger charge is 2.41. The molecule has 270 valence electrons. The van der Waals surface area contributed by atoms with Gasteiger partial charge in [0.25, 0.3) is 5.91 Å². The van der Waals surface area contributed by atoms with Crippen LogP contribution in [0.1, 0.15) is 60.5 Å². The molecular weight excluding hydrogens is 676 g/mol. The van der Waals surface area contributed by atoms with E-state index in [9.17, 15) is 13.8 Å². The van der Waals surface area contributed by atoms with E-state index in [1.807, 2.05) is 25.1 Å². The van der Waals surface area contributed by atoms with Crippen molar-refractivity contribution >= 4 is 39.1 Å². The highest BCUT2D eigenvalue weighted by molar-refractivity contribution is 7.92. The molecule has 12 heteroatoms. The number of nitrogens with zero attached hydrogens (tertiary/aromatic N) is 3. The number of fused-ring (bicyclic) bond motifs is 3. The average Bonchev–Trinajstić information content (AvgIpc) is 3.05. The molecule has 50 heavy (non-hydrogen) atoms. The lowest BCUT2D eigenvalue weighted by Crippen LogP contribution is -2.59. The molecule has 1 saturated carbocycles. The minimum absolute atomic E-state index is 0.0474. The van der Waals surface area contributed by atoms with Crippen LogP contribution in [0.3, 0.4) is 0 Å². The fraction of sp³-hybridized carbons (Fsp3) is 0.579. The van der Waals surface area contributed by atoms with Crippen LogP contribution in [0, 0.1) is 29.6 Å². The molecule has 5 atom stereocenters. The van der Waals surface area contributed by atoms with Crippen molar-refractivity contribution in [1.82, 2.24) is 9.62 Å². The minimum atomic E-state index is -3.46. The van der Waals surface area contributed by atoms with Gasteiger partial charge in [0.05, 0.1) is 37.4 Å². The number of hydrogen-bond acceptors (Lipinski definition) is 7. The molecule has 2 aromatic carbocycles. The van der Waals surface area contributed by atoms with Crippen molar-refractivity contribution in [1.29, 1.82) is 0 Å². The van der Waals surface area contributed by atoms with Gasteiger partial charge < -0.3 is 24.0 Å². The maximum atomic E-state index is 14.5. The Hall–Kier alpha value is -3.12. The van der Waals surface area contributed by atoms with Crippen LogP contribution in [-0.2, 0) is 32.4 Å². The first-order valence-corrected chi connectivity index (χ1v) is 20.2. The van der Waals surface area contributed by atoms with Gasteiger partial charge in [-0.05, 0) is 97.7 Å². The van der Waals surface area contributed by atoms with E-state index < -0.39 is 21.9 Å². The van der Waals surface area contributed by atoms with Crippen LogP contribution in [0.15, 0.2) is 52.9 Å². The van der Waals surface area contributed by atoms with Crippen molar-refractivity contribution in [3.05, 3.63) is 70.3 Å². The Morgan fingerprint density at radius 3 is 2.62 bits per heavy atom. The summed E-state index contributed by atoms with van der Waals surface area (Å²) in [5.41, 5.74) is 3.51. The third kappa shape index (κ3) is 7.86. The average molecular weight is 725 g/mol. The van der Waals surface area contributed by atoms with E-state index in [0.717, 1.165) is 62.6 Å². The number of anilines is 1. The summed E-state index contributed by atoms with van der Waals surface area (Å²) in [4.78, 5) is 31.3. The van der Waals surface area contributed by atoms with Gasteiger partial charge >= 0.3 is 6.03 Å². The number of hydrogen-bond donors (Lipinski definition) is 1. The summed E-state index contributed by atoms with van der Waals surface area (Å²) in [6, 6.07) is 11.0. The van der Waals surface area contributed by atoms with Gasteiger partial charge in [-0.2, -0.15) is 0 Å². The molecule has 5 aliphatic rings. The molecule has 2 bridgehead atoms. The third-order valence-electron chi connectivity index (χ3n) is 11.2. The molecule has 0 radical (unpaired) electrons. The number of rotatable bonds is 3. The standard InChI is InChI=1S/C38H49ClN4O6S/c1-25-6-5-8-35(47-2)33-13-10-29(33)19-42-18-28-9-12-32(39)16-26(28)7-3-4-15-49-36-14-11-27(17-34(36)42)37(44)40-50(46,24-25)41-38(45)43-20-30(21-43)31-22-48-23-31/h5,8-9,11-12,14,16-17,25,29-31,33,35H,3-4,6-7,10,13,15,18-24H2,1-2H3,(H,40,41,44,45,46)/b8-5+/t25-,29-,33+,35-,50?/m0/s1. The zero-order valence-corrected chi connectivity index (χ0v) is 30.6. The number of likely N-dealkylation sites (tertiary alicyclic amines) is 1. The predicted molar refractivity (Wildman–Crippen MR) is 195 cm³/mol. The Morgan fingerprint density at radius 1 is 1.04 bits per heavy atom. The first-order chi connectivity index (χ1) is 24.2. The molecule has 3 fully saturated rings. The maximum Gasteiger partial charge on any atom is 0.329 e. The number of benzene rings is 2. The Kier molecular flexibility index (Phi) is 10.8. The zero-order valence-electron chi connectivity index (χ0n) is 29.1. The molecule has 1 aliphatic carbocycles. The van der Waals surface area contributed by atoms with E-state index in [-0.39, 0.29) is 17.8 Å². The number of ether oxygens (including phenoxy) is 3. The number of carbonyl (C=O) groups is 2. The minimum Gasteiger partial charge on any atom is -0.491 e. The molecule has 4 aliphatic heterocycles. The van der Waals surface area contributed by atoms with Crippen molar-refractivity contribution in [2.24, 2.45) is 34.0 Å². The fourth-order valence-corrected chi connectivity index (χ4v) is 9.96. The van der Waals surface area contributed by atoms with Crippen LogP contribution in [-0.4, -0.2) is 79.5 Å². The summed E-state index contributed by atoms with van der Waals surface area (Å²) in [6.07, 6.45) is 9.67. The summed E-state index contributed by atoms with van der Waals surface area (Å²) < 4.78 is 39.3. The number of nitrogens with one attached hydrogen (secondary N) is 1. The second-order valence-electron chi connectivity index (χ2n) is 14.8. The lowest BCUT2D eigenvalue weighted by Gasteiger charge is -2.46. The number of carbonyl (C=O) groups excluding carboxylic acids is 2. The molecular formula is C38H49ClN4O6S. The molecule has 0 aromatic heterocycles. The van der Waals surface area contributed by atoms with E-state index in [0.29, 0.717) is 67.6 Å². The van der Waals surface area contributed by atoms with Gasteiger partial charge in [0, 0.05) is 55.7 Å². The summed E-state index contributed by atoms with van der Waals surface area (Å²) in [5.74, 6) is 1.57. The largest absolute Gasteiger partial charge is 0.491 e. The molecule has 4 heterocycles. The number of methoxy groups -OCH3 is 1. The Morgan fingerprint density at radius 2 is 1.88 bits per heavy atom. The summed E-state index contributed by atoms with van der Waals surface area (Å²) in [7, 11) is -1.70. The molecule has 7 rings (SSSR count). The van der Waals surface area contributed by atoms with Gasteiger partial charge in [-0.3, -0.25) is 9.52 Å². The number of allylic oxidation sites excluding steroid dienone is 1. The SMILES string of the molecule is CO[C@H]1/C=C/C[C@H](C)CS(=O)(NC(=O)N2CC(C3COC3)C2)=NC(=O)c2ccc3c(c2)N(Cc2ccc(Cl)cc2CCCCO3)C[C@@H]2CC[C@H]21. The lowest BCUT2D eigenvalue weighted by molar-refractivity contribution is -0.0891. The van der Waals surface area contributed by atoms with Crippen molar-refractivity contribution in [3.8, 4) is 5.75 Å². The van der Waals surface area contributed by atoms with Crippen molar-refractivity contribution in [3.63, 3.8) is 0 Å². The van der Waals surface area contributed by atoms with Crippen molar-refractivity contribution in [2.45, 2.75) is 58.1 Å². The second-order valence-corrected chi connectivity index (χ2v) is 17.3. The Bertz CT molecular complexity index is 1730. The van der Waals surface area contributed by atoms with E-state index in [2.05, 4.69) is 38.3 Å². The fourth-order valence-electron chi connectivity index (χ4n) is 7.88. The third-order valence-corrected chi connectivity index (χ3v) is 13.4. The summed E-state index contributed by atoms with van der Waals surface area (Å²) in [6.45, 7) is 6.49. The molecule has 1 N–H and O–H groups in total. The zero-order chi connectivity index (χ0) is 34.8. The van der Waals surface area contributed by atoms with Gasteiger partial charge in [-0.1, -0.05) is 36.7 Å². The molecule has 0 spiro atoms. The number of amides is 3. The lowest BCUT2D eigenvalue weighted by atomic mass is 9.70. The van der Waals surface area contributed by atoms with Crippen molar-refractivity contribution in [2.75, 3.05) is 57.2 Å². The van der Waals surface area contributed by atoms with Crippen molar-refractivity contribution < 1.29 is 28.0 Å². The van der Waals surface area contributed by atoms with Gasteiger partial charge in [0.1, 0.15) is 15.7 Å².